The van der Waals surface area contributed by atoms with Gasteiger partial charge in [0.25, 0.3) is 5.91 Å². The van der Waals surface area contributed by atoms with Gasteiger partial charge in [-0.3, -0.25) is 4.79 Å². The SMILES string of the molecule is COc1ccc(C(=O)Nc2ccccc2)cc1Nc1cc(C)cc(C)c1. The third-order valence-corrected chi connectivity index (χ3v) is 3.99. The molecule has 2 N–H and O–H groups in total. The molecule has 0 saturated carbocycles. The van der Waals surface area contributed by atoms with Gasteiger partial charge in [0.05, 0.1) is 12.8 Å². The van der Waals surface area contributed by atoms with Crippen LogP contribution in [0.25, 0.3) is 0 Å². The summed E-state index contributed by atoms with van der Waals surface area (Å²) in [5, 5.41) is 6.26. The number of methoxy groups -OCH3 is 1. The average molecular weight is 346 g/mol. The number of carbonyl (C=O) groups excluding carboxylic acids is 1. The Bertz CT molecular complexity index is 900. The van der Waals surface area contributed by atoms with Gasteiger partial charge in [-0.15, -0.1) is 0 Å². The smallest absolute Gasteiger partial charge is 0.255 e. The summed E-state index contributed by atoms with van der Waals surface area (Å²) in [4.78, 5) is 12.5. The average Bonchev–Trinajstić information content (AvgIpc) is 2.61. The minimum atomic E-state index is -0.165. The van der Waals surface area contributed by atoms with E-state index in [2.05, 4.69) is 42.7 Å². The molecule has 26 heavy (non-hydrogen) atoms. The van der Waals surface area contributed by atoms with Gasteiger partial charge in [-0.25, -0.2) is 0 Å². The van der Waals surface area contributed by atoms with Gasteiger partial charge in [-0.05, 0) is 67.4 Å². The topological polar surface area (TPSA) is 50.4 Å². The molecule has 0 aliphatic heterocycles. The van der Waals surface area contributed by atoms with Crippen molar-refractivity contribution < 1.29 is 9.53 Å². The number of ether oxygens (including phenoxy) is 1. The zero-order chi connectivity index (χ0) is 18.5. The van der Waals surface area contributed by atoms with Crippen LogP contribution in [0.15, 0.2) is 66.7 Å². The Morgan fingerprint density at radius 2 is 1.54 bits per heavy atom. The first-order chi connectivity index (χ1) is 12.5. The molecular weight excluding hydrogens is 324 g/mol. The van der Waals surface area contributed by atoms with E-state index < -0.39 is 0 Å². The fourth-order valence-electron chi connectivity index (χ4n) is 2.87. The van der Waals surface area contributed by atoms with E-state index in [0.29, 0.717) is 11.3 Å². The molecule has 0 radical (unpaired) electrons. The Balaban J connectivity index is 1.87. The van der Waals surface area contributed by atoms with Crippen molar-refractivity contribution >= 4 is 23.0 Å². The Morgan fingerprint density at radius 3 is 2.19 bits per heavy atom. The molecule has 0 heterocycles. The summed E-state index contributed by atoms with van der Waals surface area (Å²) in [7, 11) is 1.62. The lowest BCUT2D eigenvalue weighted by Gasteiger charge is -2.14. The molecule has 0 atom stereocenters. The van der Waals surface area contributed by atoms with E-state index in [0.717, 1.165) is 17.1 Å². The maximum absolute atomic E-state index is 12.5. The van der Waals surface area contributed by atoms with Crippen LogP contribution >= 0.6 is 0 Å². The van der Waals surface area contributed by atoms with Gasteiger partial charge >= 0.3 is 0 Å². The number of hydrogen-bond donors (Lipinski definition) is 2. The fourth-order valence-corrected chi connectivity index (χ4v) is 2.87. The molecular formula is C22H22N2O2. The molecule has 0 aromatic heterocycles. The molecule has 0 fully saturated rings. The van der Waals surface area contributed by atoms with Crippen LogP contribution < -0.4 is 15.4 Å². The first-order valence-corrected chi connectivity index (χ1v) is 8.45. The highest BCUT2D eigenvalue weighted by molar-refractivity contribution is 6.05. The molecule has 0 unspecified atom stereocenters. The molecule has 4 nitrogen and oxygen atoms in total. The molecule has 0 spiro atoms. The molecule has 1 amide bonds. The predicted molar refractivity (Wildman–Crippen MR) is 107 cm³/mol. The quantitative estimate of drug-likeness (QED) is 0.658. The van der Waals surface area contributed by atoms with Crippen LogP contribution in [0, 0.1) is 13.8 Å². The summed E-state index contributed by atoms with van der Waals surface area (Å²) >= 11 is 0. The van der Waals surface area contributed by atoms with Crippen LogP contribution in [-0.2, 0) is 0 Å². The molecule has 3 rings (SSSR count). The highest BCUT2D eigenvalue weighted by Crippen LogP contribution is 2.30. The second kappa shape index (κ2) is 7.74. The van der Waals surface area contributed by atoms with E-state index in [1.807, 2.05) is 30.3 Å². The van der Waals surface area contributed by atoms with Crippen LogP contribution in [0.3, 0.4) is 0 Å². The lowest BCUT2D eigenvalue weighted by Crippen LogP contribution is -2.12. The number of para-hydroxylation sites is 1. The molecule has 0 saturated heterocycles. The normalized spacial score (nSPS) is 10.3. The van der Waals surface area contributed by atoms with Crippen molar-refractivity contribution in [2.75, 3.05) is 17.7 Å². The fraction of sp³-hybridized carbons (Fsp3) is 0.136. The van der Waals surface area contributed by atoms with Crippen molar-refractivity contribution in [3.63, 3.8) is 0 Å². The van der Waals surface area contributed by atoms with E-state index >= 15 is 0 Å². The van der Waals surface area contributed by atoms with Gasteiger partial charge < -0.3 is 15.4 Å². The number of hydrogen-bond acceptors (Lipinski definition) is 3. The molecule has 3 aromatic carbocycles. The standard InChI is InChI=1S/C22H22N2O2/c1-15-11-16(2)13-19(12-15)23-20-14-17(9-10-21(20)26-3)22(25)24-18-7-5-4-6-8-18/h4-14,23H,1-3H3,(H,24,25). The van der Waals surface area contributed by atoms with Crippen molar-refractivity contribution in [2.45, 2.75) is 13.8 Å². The second-order valence-corrected chi connectivity index (χ2v) is 6.24. The van der Waals surface area contributed by atoms with Gasteiger partial charge in [0.1, 0.15) is 5.75 Å². The number of benzene rings is 3. The number of rotatable bonds is 5. The predicted octanol–water partition coefficient (Wildman–Crippen LogP) is 5.31. The minimum Gasteiger partial charge on any atom is -0.495 e. The van der Waals surface area contributed by atoms with E-state index in [4.69, 9.17) is 4.74 Å². The maximum atomic E-state index is 12.5. The number of aryl methyl sites for hydroxylation is 2. The number of nitrogens with one attached hydrogen (secondary N) is 2. The monoisotopic (exact) mass is 346 g/mol. The van der Waals surface area contributed by atoms with Crippen molar-refractivity contribution in [3.05, 3.63) is 83.4 Å². The van der Waals surface area contributed by atoms with Gasteiger partial charge in [-0.1, -0.05) is 24.3 Å². The van der Waals surface area contributed by atoms with E-state index in [-0.39, 0.29) is 5.91 Å². The molecule has 0 aliphatic rings. The van der Waals surface area contributed by atoms with Gasteiger partial charge in [0.15, 0.2) is 0 Å². The summed E-state index contributed by atoms with van der Waals surface area (Å²) < 4.78 is 5.44. The molecule has 3 aromatic rings. The van der Waals surface area contributed by atoms with Crippen LogP contribution in [-0.4, -0.2) is 13.0 Å². The Kier molecular flexibility index (Phi) is 5.23. The van der Waals surface area contributed by atoms with Crippen molar-refractivity contribution in [1.29, 1.82) is 0 Å². The zero-order valence-electron chi connectivity index (χ0n) is 15.2. The third kappa shape index (κ3) is 4.22. The van der Waals surface area contributed by atoms with E-state index in [1.165, 1.54) is 11.1 Å². The van der Waals surface area contributed by atoms with Gasteiger partial charge in [0.2, 0.25) is 0 Å². The van der Waals surface area contributed by atoms with Crippen LogP contribution in [0.2, 0.25) is 0 Å². The summed E-state index contributed by atoms with van der Waals surface area (Å²) in [6.07, 6.45) is 0. The highest BCUT2D eigenvalue weighted by atomic mass is 16.5. The highest BCUT2D eigenvalue weighted by Gasteiger charge is 2.11. The molecule has 0 bridgehead atoms. The molecule has 132 valence electrons. The number of anilines is 3. The second-order valence-electron chi connectivity index (χ2n) is 6.24. The minimum absolute atomic E-state index is 0.165. The lowest BCUT2D eigenvalue weighted by molar-refractivity contribution is 0.102. The summed E-state index contributed by atoms with van der Waals surface area (Å²) in [6.45, 7) is 4.11. The van der Waals surface area contributed by atoms with Crippen LogP contribution in [0.1, 0.15) is 21.5 Å². The van der Waals surface area contributed by atoms with Crippen LogP contribution in [0.5, 0.6) is 5.75 Å². The molecule has 0 aliphatic carbocycles. The lowest BCUT2D eigenvalue weighted by atomic mass is 10.1. The zero-order valence-corrected chi connectivity index (χ0v) is 15.2. The summed E-state index contributed by atoms with van der Waals surface area (Å²) in [6, 6.07) is 21.0. The Morgan fingerprint density at radius 1 is 0.846 bits per heavy atom. The van der Waals surface area contributed by atoms with Crippen molar-refractivity contribution in [3.8, 4) is 5.75 Å². The first kappa shape index (κ1) is 17.5. The van der Waals surface area contributed by atoms with Crippen molar-refractivity contribution in [2.24, 2.45) is 0 Å². The number of carbonyl (C=O) groups is 1. The van der Waals surface area contributed by atoms with E-state index in [9.17, 15) is 4.79 Å². The molecule has 4 heteroatoms. The number of amides is 1. The van der Waals surface area contributed by atoms with Gasteiger partial charge in [-0.2, -0.15) is 0 Å². The third-order valence-electron chi connectivity index (χ3n) is 3.99. The Labute approximate surface area is 153 Å². The van der Waals surface area contributed by atoms with Gasteiger partial charge in [0, 0.05) is 16.9 Å². The largest absolute Gasteiger partial charge is 0.495 e. The van der Waals surface area contributed by atoms with Crippen molar-refractivity contribution in [1.82, 2.24) is 0 Å². The maximum Gasteiger partial charge on any atom is 0.255 e. The summed E-state index contributed by atoms with van der Waals surface area (Å²) in [5.74, 6) is 0.516. The first-order valence-electron chi connectivity index (χ1n) is 8.45. The van der Waals surface area contributed by atoms with Crippen LogP contribution in [0.4, 0.5) is 17.1 Å². The Hall–Kier alpha value is -3.27. The summed E-state index contributed by atoms with van der Waals surface area (Å²) in [5.41, 5.74) is 5.37. The van der Waals surface area contributed by atoms with E-state index in [1.54, 1.807) is 25.3 Å².